The van der Waals surface area contributed by atoms with Crippen LogP contribution in [0.5, 0.6) is 0 Å². The Labute approximate surface area is 65.6 Å². The molecule has 0 radical (unpaired) electrons. The summed E-state index contributed by atoms with van der Waals surface area (Å²) in [7, 11) is 4.13. The molecule has 1 aliphatic rings. The highest BCUT2D eigenvalue weighted by Gasteiger charge is 2.25. The summed E-state index contributed by atoms with van der Waals surface area (Å²) < 4.78 is 0.600. The topological polar surface area (TPSA) is 0 Å². The number of hydrogen-bond donors (Lipinski definition) is 0. The van der Waals surface area contributed by atoms with E-state index in [0.29, 0.717) is 4.75 Å². The summed E-state index contributed by atoms with van der Waals surface area (Å²) in [5, 5.41) is 0. The summed E-state index contributed by atoms with van der Waals surface area (Å²) >= 11 is 0. The third kappa shape index (κ3) is 2.08. The van der Waals surface area contributed by atoms with E-state index in [1.165, 1.54) is 25.0 Å². The quantitative estimate of drug-likeness (QED) is 0.542. The van der Waals surface area contributed by atoms with E-state index >= 15 is 0 Å². The highest BCUT2D eigenvalue weighted by Crippen LogP contribution is 2.45. The van der Waals surface area contributed by atoms with Gasteiger partial charge < -0.3 is 0 Å². The molecule has 1 heterocycles. The fourth-order valence-electron chi connectivity index (χ4n) is 0.966. The molecule has 0 aliphatic carbocycles. The second-order valence-corrected chi connectivity index (χ2v) is 5.82. The molecule has 0 amide bonds. The van der Waals surface area contributed by atoms with Crippen LogP contribution in [-0.4, -0.2) is 10.5 Å². The zero-order chi connectivity index (χ0) is 6.74. The van der Waals surface area contributed by atoms with Crippen molar-refractivity contribution in [2.24, 2.45) is 0 Å². The first kappa shape index (κ1) is 7.80. The van der Waals surface area contributed by atoms with Crippen molar-refractivity contribution in [3.63, 3.8) is 0 Å². The Morgan fingerprint density at radius 2 is 2.33 bits per heavy atom. The SMILES string of the molecule is CCC1(C)CCCSS1. The van der Waals surface area contributed by atoms with E-state index in [2.05, 4.69) is 24.6 Å². The highest BCUT2D eigenvalue weighted by molar-refractivity contribution is 8.77. The molecule has 0 N–H and O–H groups in total. The first-order valence-corrected chi connectivity index (χ1v) is 5.89. The van der Waals surface area contributed by atoms with Gasteiger partial charge in [-0.1, -0.05) is 28.5 Å². The van der Waals surface area contributed by atoms with Crippen LogP contribution >= 0.6 is 21.6 Å². The molecule has 0 spiro atoms. The lowest BCUT2D eigenvalue weighted by molar-refractivity contribution is 0.562. The largest absolute Gasteiger partial charge is 0.0936 e. The van der Waals surface area contributed by atoms with Crippen LogP contribution < -0.4 is 0 Å². The summed E-state index contributed by atoms with van der Waals surface area (Å²) in [4.78, 5) is 0. The predicted octanol–water partition coefficient (Wildman–Crippen LogP) is 3.33. The van der Waals surface area contributed by atoms with Crippen LogP contribution in [0.1, 0.15) is 33.1 Å². The van der Waals surface area contributed by atoms with E-state index < -0.39 is 0 Å². The molecule has 9 heavy (non-hydrogen) atoms. The third-order valence-electron chi connectivity index (χ3n) is 1.94. The predicted molar refractivity (Wildman–Crippen MR) is 48.0 cm³/mol. The first-order valence-electron chi connectivity index (χ1n) is 3.57. The van der Waals surface area contributed by atoms with Gasteiger partial charge in [0.15, 0.2) is 0 Å². The second kappa shape index (κ2) is 3.20. The molecule has 2 heteroatoms. The van der Waals surface area contributed by atoms with Gasteiger partial charge in [0.1, 0.15) is 0 Å². The van der Waals surface area contributed by atoms with E-state index in [4.69, 9.17) is 0 Å². The van der Waals surface area contributed by atoms with E-state index in [-0.39, 0.29) is 0 Å². The summed E-state index contributed by atoms with van der Waals surface area (Å²) in [6.07, 6.45) is 4.16. The zero-order valence-corrected chi connectivity index (χ0v) is 7.78. The molecule has 1 fully saturated rings. The lowest BCUT2D eigenvalue weighted by Gasteiger charge is -2.30. The Hall–Kier alpha value is 0.700. The van der Waals surface area contributed by atoms with Crippen LogP contribution in [-0.2, 0) is 0 Å². The van der Waals surface area contributed by atoms with Gasteiger partial charge >= 0.3 is 0 Å². The zero-order valence-electron chi connectivity index (χ0n) is 6.14. The fourth-order valence-corrected chi connectivity index (χ4v) is 4.00. The van der Waals surface area contributed by atoms with Crippen molar-refractivity contribution in [3.8, 4) is 0 Å². The van der Waals surface area contributed by atoms with Crippen LogP contribution in [0, 0.1) is 0 Å². The smallest absolute Gasteiger partial charge is 0.0233 e. The van der Waals surface area contributed by atoms with Crippen molar-refractivity contribution >= 4 is 21.6 Å². The maximum Gasteiger partial charge on any atom is 0.0233 e. The van der Waals surface area contributed by atoms with E-state index in [9.17, 15) is 0 Å². The molecular weight excluding hydrogens is 148 g/mol. The van der Waals surface area contributed by atoms with Gasteiger partial charge in [0.2, 0.25) is 0 Å². The summed E-state index contributed by atoms with van der Waals surface area (Å²) in [6, 6.07) is 0. The summed E-state index contributed by atoms with van der Waals surface area (Å²) in [6.45, 7) is 4.67. The maximum absolute atomic E-state index is 2.38. The Morgan fingerprint density at radius 3 is 2.67 bits per heavy atom. The molecule has 0 saturated carbocycles. The molecule has 0 aromatic heterocycles. The van der Waals surface area contributed by atoms with Gasteiger partial charge in [-0.25, -0.2) is 0 Å². The molecule has 0 nitrogen and oxygen atoms in total. The minimum atomic E-state index is 0.600. The van der Waals surface area contributed by atoms with Gasteiger partial charge in [-0.2, -0.15) is 0 Å². The minimum absolute atomic E-state index is 0.600. The molecule has 1 unspecified atom stereocenters. The fraction of sp³-hybridized carbons (Fsp3) is 1.00. The molecular formula is C7H14S2. The van der Waals surface area contributed by atoms with Crippen molar-refractivity contribution in [1.82, 2.24) is 0 Å². The number of rotatable bonds is 1. The molecule has 1 atom stereocenters. The van der Waals surface area contributed by atoms with Crippen molar-refractivity contribution < 1.29 is 0 Å². The van der Waals surface area contributed by atoms with Gasteiger partial charge in [-0.3, -0.25) is 0 Å². The van der Waals surface area contributed by atoms with Crippen LogP contribution in [0.25, 0.3) is 0 Å². The molecule has 0 bridgehead atoms. The normalized spacial score (nSPS) is 36.7. The highest BCUT2D eigenvalue weighted by atomic mass is 33.1. The standard InChI is InChI=1S/C7H14S2/c1-3-7(2)5-4-6-8-9-7/h3-6H2,1-2H3. The summed E-state index contributed by atoms with van der Waals surface area (Å²) in [5.74, 6) is 1.36. The van der Waals surface area contributed by atoms with E-state index in [0.717, 1.165) is 0 Å². The average Bonchev–Trinajstić information content (AvgIpc) is 1.90. The average molecular weight is 162 g/mol. The molecule has 1 saturated heterocycles. The number of hydrogen-bond acceptors (Lipinski definition) is 2. The molecule has 54 valence electrons. The van der Waals surface area contributed by atoms with E-state index in [1.54, 1.807) is 0 Å². The monoisotopic (exact) mass is 162 g/mol. The van der Waals surface area contributed by atoms with Gasteiger partial charge in [0.25, 0.3) is 0 Å². The Bertz CT molecular complexity index is 84.9. The van der Waals surface area contributed by atoms with Crippen LogP contribution in [0.15, 0.2) is 0 Å². The van der Waals surface area contributed by atoms with Crippen molar-refractivity contribution in [3.05, 3.63) is 0 Å². The molecule has 0 aromatic carbocycles. The second-order valence-electron chi connectivity index (χ2n) is 2.81. The van der Waals surface area contributed by atoms with Gasteiger partial charge in [-0.15, -0.1) is 0 Å². The Balaban J connectivity index is 2.37. The molecule has 1 rings (SSSR count). The lowest BCUT2D eigenvalue weighted by Crippen LogP contribution is -2.20. The van der Waals surface area contributed by atoms with Crippen LogP contribution in [0.3, 0.4) is 0 Å². The van der Waals surface area contributed by atoms with Crippen LogP contribution in [0.4, 0.5) is 0 Å². The molecule has 1 aliphatic heterocycles. The lowest BCUT2D eigenvalue weighted by atomic mass is 10.0. The van der Waals surface area contributed by atoms with Gasteiger partial charge in [0, 0.05) is 10.5 Å². The van der Waals surface area contributed by atoms with Crippen molar-refractivity contribution in [2.45, 2.75) is 37.9 Å². The van der Waals surface area contributed by atoms with Crippen molar-refractivity contribution in [1.29, 1.82) is 0 Å². The van der Waals surface area contributed by atoms with E-state index in [1.807, 2.05) is 10.8 Å². The minimum Gasteiger partial charge on any atom is -0.0936 e. The summed E-state index contributed by atoms with van der Waals surface area (Å²) in [5.41, 5.74) is 0. The third-order valence-corrected chi connectivity index (χ3v) is 5.47. The first-order chi connectivity index (χ1) is 4.27. The molecule has 0 aromatic rings. The Kier molecular flexibility index (Phi) is 2.77. The van der Waals surface area contributed by atoms with Crippen LogP contribution in [0.2, 0.25) is 0 Å². The van der Waals surface area contributed by atoms with Crippen molar-refractivity contribution in [2.75, 3.05) is 5.75 Å². The maximum atomic E-state index is 2.38. The van der Waals surface area contributed by atoms with Gasteiger partial charge in [0.05, 0.1) is 0 Å². The Morgan fingerprint density at radius 1 is 1.56 bits per heavy atom. The van der Waals surface area contributed by atoms with Gasteiger partial charge in [-0.05, 0) is 26.2 Å².